The van der Waals surface area contributed by atoms with E-state index < -0.39 is 195 Å². The first-order chi connectivity index (χ1) is 33.6. The van der Waals surface area contributed by atoms with Crippen molar-refractivity contribution in [2.45, 2.75) is 159 Å². The summed E-state index contributed by atoms with van der Waals surface area (Å²) in [5.41, 5.74) is 11.4. The third kappa shape index (κ3) is 24.9. The molecule has 1 heterocycles. The number of carboxylic acid groups (broad SMARTS) is 4. The number of amides is 10. The molecule has 0 saturated carbocycles. The van der Waals surface area contributed by atoms with Gasteiger partial charge in [0.2, 0.25) is 59.1 Å². The number of nitrogens with one attached hydrogen (secondary N) is 9. The molecular weight excluding hydrogens is 963 g/mol. The fraction of sp³-hybridized carbons (Fsp3) is 0.667. The molecule has 30 heteroatoms. The SMILES string of the molecule is CC(C)C[C@@H]1NC(=O)[C@@H](N)CCCCNC(=O)[C@H](CCC(N)=O)NC(=O)[C@H](CCC(=O)O)NC(=O)CNC(=O)[C@H]([C@@H](C)O)NC(=O)[C@H](CCC(=O)O)NC(=O)[C@H](CCC(=O)O)NC(=O)[C@@H](CC(=O)O)NC1=O. The Morgan fingerprint density at radius 2 is 0.931 bits per heavy atom. The maximum absolute atomic E-state index is 13.7. The van der Waals surface area contributed by atoms with Crippen molar-refractivity contribution in [3.05, 3.63) is 0 Å². The Kier molecular flexibility index (Phi) is 27.5. The molecule has 1 aliphatic rings. The van der Waals surface area contributed by atoms with E-state index in [1.165, 1.54) is 0 Å². The van der Waals surface area contributed by atoms with Crippen molar-refractivity contribution in [2.75, 3.05) is 13.1 Å². The molecule has 404 valence electrons. The van der Waals surface area contributed by atoms with Crippen LogP contribution in [0.4, 0.5) is 0 Å². The van der Waals surface area contributed by atoms with Gasteiger partial charge in [-0.3, -0.25) is 67.1 Å². The number of hydrogen-bond acceptors (Lipinski definition) is 16. The molecule has 1 rings (SSSR count). The minimum Gasteiger partial charge on any atom is -0.481 e. The highest BCUT2D eigenvalue weighted by Gasteiger charge is 2.36. The lowest BCUT2D eigenvalue weighted by Gasteiger charge is -2.27. The van der Waals surface area contributed by atoms with Crippen LogP contribution in [-0.4, -0.2) is 176 Å². The minimum atomic E-state index is -1.98. The molecular formula is C42H67N11O19. The fourth-order valence-electron chi connectivity index (χ4n) is 6.76. The zero-order valence-corrected chi connectivity index (χ0v) is 40.0. The molecule has 0 aromatic rings. The van der Waals surface area contributed by atoms with Crippen molar-refractivity contribution in [1.29, 1.82) is 0 Å². The van der Waals surface area contributed by atoms with Gasteiger partial charge in [-0.05, 0) is 64.2 Å². The van der Waals surface area contributed by atoms with Gasteiger partial charge in [-0.15, -0.1) is 0 Å². The van der Waals surface area contributed by atoms with Gasteiger partial charge in [-0.2, -0.15) is 0 Å². The molecule has 0 radical (unpaired) electrons. The maximum Gasteiger partial charge on any atom is 0.305 e. The van der Waals surface area contributed by atoms with E-state index in [4.69, 9.17) is 11.5 Å². The Labute approximate surface area is 412 Å². The van der Waals surface area contributed by atoms with E-state index in [0.29, 0.717) is 0 Å². The lowest BCUT2D eigenvalue weighted by Crippen LogP contribution is -2.61. The Morgan fingerprint density at radius 1 is 0.514 bits per heavy atom. The molecule has 0 aromatic carbocycles. The Morgan fingerprint density at radius 3 is 1.39 bits per heavy atom. The van der Waals surface area contributed by atoms with Gasteiger partial charge in [0.25, 0.3) is 0 Å². The highest BCUT2D eigenvalue weighted by atomic mass is 16.4. The largest absolute Gasteiger partial charge is 0.481 e. The number of carbonyl (C=O) groups is 14. The summed E-state index contributed by atoms with van der Waals surface area (Å²) in [7, 11) is 0. The number of aliphatic hydroxyl groups is 1. The van der Waals surface area contributed by atoms with Crippen LogP contribution in [0.5, 0.6) is 0 Å². The summed E-state index contributed by atoms with van der Waals surface area (Å²) in [5.74, 6) is -17.4. The van der Waals surface area contributed by atoms with Gasteiger partial charge in [-0.1, -0.05) is 13.8 Å². The fourth-order valence-corrected chi connectivity index (χ4v) is 6.76. The van der Waals surface area contributed by atoms with Crippen LogP contribution in [0, 0.1) is 5.92 Å². The third-order valence-electron chi connectivity index (χ3n) is 10.6. The summed E-state index contributed by atoms with van der Waals surface area (Å²) in [6.07, 6.45) is -7.71. The van der Waals surface area contributed by atoms with Crippen molar-refractivity contribution in [2.24, 2.45) is 17.4 Å². The second kappa shape index (κ2) is 31.7. The highest BCUT2D eigenvalue weighted by Crippen LogP contribution is 2.11. The van der Waals surface area contributed by atoms with Gasteiger partial charge in [0.1, 0.15) is 42.3 Å². The molecule has 0 unspecified atom stereocenters. The number of nitrogens with two attached hydrogens (primary N) is 2. The monoisotopic (exact) mass is 1030 g/mol. The normalized spacial score (nSPS) is 24.9. The van der Waals surface area contributed by atoms with Crippen LogP contribution < -0.4 is 59.3 Å². The van der Waals surface area contributed by atoms with Crippen LogP contribution in [0.3, 0.4) is 0 Å². The van der Waals surface area contributed by atoms with Gasteiger partial charge < -0.3 is 84.9 Å². The van der Waals surface area contributed by atoms with Crippen molar-refractivity contribution in [1.82, 2.24) is 47.9 Å². The summed E-state index contributed by atoms with van der Waals surface area (Å²) in [6.45, 7) is 3.30. The number of aliphatic hydroxyl groups excluding tert-OH is 1. The maximum atomic E-state index is 13.7. The van der Waals surface area contributed by atoms with Gasteiger partial charge in [-0.25, -0.2) is 0 Å². The molecule has 1 aliphatic heterocycles. The molecule has 0 aliphatic carbocycles. The molecule has 0 bridgehead atoms. The zero-order chi connectivity index (χ0) is 54.8. The Bertz CT molecular complexity index is 2000. The van der Waals surface area contributed by atoms with E-state index in [-0.39, 0.29) is 44.6 Å². The highest BCUT2D eigenvalue weighted by molar-refractivity contribution is 5.99. The number of carbonyl (C=O) groups excluding carboxylic acids is 10. The van der Waals surface area contributed by atoms with E-state index in [2.05, 4.69) is 47.9 Å². The predicted molar refractivity (Wildman–Crippen MR) is 244 cm³/mol. The molecule has 0 spiro atoms. The zero-order valence-electron chi connectivity index (χ0n) is 40.0. The van der Waals surface area contributed by atoms with Crippen LogP contribution in [-0.2, 0) is 67.1 Å². The standard InChI is InChI=1S/C42H67N11O19/c1-19(2)16-26-40(70)52-27(17-33(63)64)41(71)50-24(9-13-31(59)60)38(68)49-25(10-14-32(61)62)39(69)53-34(20(3)54)42(72)46-18-29(56)47-23(8-12-30(57)58)37(67)48-22(7-11-28(44)55)36(66)45-15-5-4-6-21(43)35(65)51-26/h19-27,34,54H,4-18,43H2,1-3H3,(H2,44,55)(H,45,66)(H,46,72)(H,47,56)(H,48,67)(H,49,68)(H,50,71)(H,51,65)(H,52,70)(H,53,69)(H,57,58)(H,59,60)(H,61,62)(H,63,64)/t20-,21+,22+,23+,24+,25+,26+,27-,34+/m1/s1. The van der Waals surface area contributed by atoms with E-state index in [9.17, 15) is 92.7 Å². The average Bonchev–Trinajstić information content (AvgIpc) is 3.27. The molecule has 18 N–H and O–H groups in total. The van der Waals surface area contributed by atoms with Crippen LogP contribution in [0.1, 0.15) is 104 Å². The van der Waals surface area contributed by atoms with Crippen molar-refractivity contribution in [3.63, 3.8) is 0 Å². The smallest absolute Gasteiger partial charge is 0.305 e. The molecule has 9 atom stereocenters. The predicted octanol–water partition coefficient (Wildman–Crippen LogP) is -6.11. The summed E-state index contributed by atoms with van der Waals surface area (Å²) in [5, 5.41) is 68.5. The number of primary amides is 1. The molecule has 1 saturated heterocycles. The number of aliphatic carboxylic acids is 4. The first kappa shape index (κ1) is 62.5. The number of carboxylic acids is 4. The lowest BCUT2D eigenvalue weighted by molar-refractivity contribution is -0.142. The number of rotatable bonds is 17. The average molecular weight is 1030 g/mol. The van der Waals surface area contributed by atoms with Gasteiger partial charge in [0.05, 0.1) is 25.1 Å². The van der Waals surface area contributed by atoms with E-state index in [1.54, 1.807) is 13.8 Å². The Hall–Kier alpha value is -7.50. The third-order valence-corrected chi connectivity index (χ3v) is 10.6. The second-order valence-electron chi connectivity index (χ2n) is 17.3. The molecule has 1 fully saturated rings. The second-order valence-corrected chi connectivity index (χ2v) is 17.3. The van der Waals surface area contributed by atoms with Crippen LogP contribution in [0.2, 0.25) is 0 Å². The summed E-state index contributed by atoms with van der Waals surface area (Å²) in [6, 6.07) is -13.6. The summed E-state index contributed by atoms with van der Waals surface area (Å²) in [4.78, 5) is 179. The van der Waals surface area contributed by atoms with Crippen molar-refractivity contribution >= 4 is 82.9 Å². The van der Waals surface area contributed by atoms with Crippen molar-refractivity contribution < 1.29 is 92.7 Å². The first-order valence-electron chi connectivity index (χ1n) is 22.9. The lowest BCUT2D eigenvalue weighted by atomic mass is 10.0. The molecule has 10 amide bonds. The van der Waals surface area contributed by atoms with E-state index in [0.717, 1.165) is 6.92 Å². The van der Waals surface area contributed by atoms with Crippen molar-refractivity contribution in [3.8, 4) is 0 Å². The summed E-state index contributed by atoms with van der Waals surface area (Å²) >= 11 is 0. The van der Waals surface area contributed by atoms with Gasteiger partial charge >= 0.3 is 23.9 Å². The van der Waals surface area contributed by atoms with E-state index in [1.807, 2.05) is 0 Å². The van der Waals surface area contributed by atoms with Crippen LogP contribution in [0.25, 0.3) is 0 Å². The number of hydrogen-bond donors (Lipinski definition) is 16. The van der Waals surface area contributed by atoms with E-state index >= 15 is 0 Å². The topological polar surface area (TPSA) is 500 Å². The summed E-state index contributed by atoms with van der Waals surface area (Å²) < 4.78 is 0. The van der Waals surface area contributed by atoms with Crippen LogP contribution in [0.15, 0.2) is 0 Å². The molecule has 30 nitrogen and oxygen atoms in total. The quantitative estimate of drug-likeness (QED) is 0.0645. The van der Waals surface area contributed by atoms with Gasteiger partial charge in [0, 0.05) is 32.2 Å². The first-order valence-corrected chi connectivity index (χ1v) is 22.9. The minimum absolute atomic E-state index is 0.0205. The van der Waals surface area contributed by atoms with Gasteiger partial charge in [0.15, 0.2) is 0 Å². The molecule has 0 aromatic heterocycles. The van der Waals surface area contributed by atoms with Crippen LogP contribution >= 0.6 is 0 Å². The molecule has 72 heavy (non-hydrogen) atoms. The Balaban J connectivity index is 3.80.